The zero-order valence-corrected chi connectivity index (χ0v) is 21.3. The third-order valence-corrected chi connectivity index (χ3v) is 6.01. The van der Waals surface area contributed by atoms with Crippen LogP contribution in [-0.4, -0.2) is 49.8 Å². The second kappa shape index (κ2) is 10.7. The summed E-state index contributed by atoms with van der Waals surface area (Å²) in [7, 11) is 1.82. The summed E-state index contributed by atoms with van der Waals surface area (Å²) in [4.78, 5) is 17.6. The number of fused-ring (bicyclic) bond motifs is 2. The highest BCUT2D eigenvalue weighted by Crippen LogP contribution is 2.31. The lowest BCUT2D eigenvalue weighted by Gasteiger charge is -2.08. The number of halogens is 1. The van der Waals surface area contributed by atoms with Crippen molar-refractivity contribution in [3.63, 3.8) is 0 Å². The quantitative estimate of drug-likeness (QED) is 0.188. The normalized spacial score (nSPS) is 11.2. The number of nitrogens with two attached hydrogens (primary N) is 1. The molecular weight excluding hydrogens is 524 g/mol. The molecule has 0 aromatic carbocycles. The molecule has 0 unspecified atom stereocenters. The SMILES string of the molecule is CNc1ncc(-c2nc3ccc(OCCCCCOc4cccc(Br)n4)cn3n2)c2cc(N)ncc12. The van der Waals surface area contributed by atoms with Gasteiger partial charge in [-0.05, 0) is 59.5 Å². The highest BCUT2D eigenvalue weighted by Gasteiger charge is 2.14. The highest BCUT2D eigenvalue weighted by atomic mass is 79.9. The molecule has 10 nitrogen and oxygen atoms in total. The van der Waals surface area contributed by atoms with Gasteiger partial charge >= 0.3 is 0 Å². The Balaban J connectivity index is 1.20. The van der Waals surface area contributed by atoms with Gasteiger partial charge in [-0.25, -0.2) is 24.5 Å². The fourth-order valence-corrected chi connectivity index (χ4v) is 4.14. The van der Waals surface area contributed by atoms with Crippen LogP contribution in [0.3, 0.4) is 0 Å². The lowest BCUT2D eigenvalue weighted by atomic mass is 10.1. The summed E-state index contributed by atoms with van der Waals surface area (Å²) < 4.78 is 14.1. The Morgan fingerprint density at radius 2 is 1.83 bits per heavy atom. The Morgan fingerprint density at radius 3 is 2.67 bits per heavy atom. The molecule has 0 saturated carbocycles. The van der Waals surface area contributed by atoms with Crippen molar-refractivity contribution >= 4 is 44.0 Å². The second-order valence-corrected chi connectivity index (χ2v) is 8.90. The number of hydrogen-bond acceptors (Lipinski definition) is 9. The van der Waals surface area contributed by atoms with Crippen LogP contribution in [0.5, 0.6) is 11.6 Å². The van der Waals surface area contributed by atoms with Crippen molar-refractivity contribution in [2.24, 2.45) is 0 Å². The van der Waals surface area contributed by atoms with E-state index in [-0.39, 0.29) is 0 Å². The Hall–Kier alpha value is -3.99. The van der Waals surface area contributed by atoms with Crippen molar-refractivity contribution in [3.05, 3.63) is 59.6 Å². The van der Waals surface area contributed by atoms with Crippen molar-refractivity contribution in [3.8, 4) is 23.0 Å². The molecular formula is C25H25BrN8O2. The van der Waals surface area contributed by atoms with Crippen molar-refractivity contribution in [2.45, 2.75) is 19.3 Å². The molecule has 5 aromatic heterocycles. The van der Waals surface area contributed by atoms with Gasteiger partial charge in [0.15, 0.2) is 11.5 Å². The fourth-order valence-electron chi connectivity index (χ4n) is 3.81. The van der Waals surface area contributed by atoms with E-state index < -0.39 is 0 Å². The molecule has 0 aliphatic rings. The van der Waals surface area contributed by atoms with E-state index >= 15 is 0 Å². The van der Waals surface area contributed by atoms with Gasteiger partial charge < -0.3 is 20.5 Å². The molecule has 5 rings (SSSR count). The molecule has 0 aliphatic carbocycles. The second-order valence-electron chi connectivity index (χ2n) is 8.08. The van der Waals surface area contributed by atoms with Gasteiger partial charge in [0.05, 0.1) is 19.4 Å². The third-order valence-electron chi connectivity index (χ3n) is 5.57. The lowest BCUT2D eigenvalue weighted by Crippen LogP contribution is -2.02. The van der Waals surface area contributed by atoms with Gasteiger partial charge in [-0.1, -0.05) is 6.07 Å². The number of anilines is 2. The van der Waals surface area contributed by atoms with Crippen LogP contribution in [0.2, 0.25) is 0 Å². The fraction of sp³-hybridized carbons (Fsp3) is 0.240. The van der Waals surface area contributed by atoms with Gasteiger partial charge in [0.25, 0.3) is 0 Å². The van der Waals surface area contributed by atoms with Crippen LogP contribution in [0, 0.1) is 0 Å². The van der Waals surface area contributed by atoms with Gasteiger partial charge in [-0.15, -0.1) is 5.10 Å². The van der Waals surface area contributed by atoms with Gasteiger partial charge in [-0.2, -0.15) is 0 Å². The number of nitrogens with zero attached hydrogens (tertiary/aromatic N) is 6. The van der Waals surface area contributed by atoms with Crippen molar-refractivity contribution in [1.82, 2.24) is 29.5 Å². The van der Waals surface area contributed by atoms with Crippen LogP contribution in [-0.2, 0) is 0 Å². The average molecular weight is 549 g/mol. The Bertz CT molecular complexity index is 1510. The zero-order chi connectivity index (χ0) is 24.9. The van der Waals surface area contributed by atoms with E-state index in [1.54, 1.807) is 16.9 Å². The number of pyridine rings is 4. The molecule has 184 valence electrons. The first-order valence-corrected chi connectivity index (χ1v) is 12.4. The first kappa shape index (κ1) is 23.7. The van der Waals surface area contributed by atoms with E-state index in [1.807, 2.05) is 49.6 Å². The van der Waals surface area contributed by atoms with Gasteiger partial charge in [0.2, 0.25) is 5.88 Å². The van der Waals surface area contributed by atoms with Crippen molar-refractivity contribution < 1.29 is 9.47 Å². The van der Waals surface area contributed by atoms with Crippen LogP contribution in [0.15, 0.2) is 59.6 Å². The molecule has 11 heteroatoms. The lowest BCUT2D eigenvalue weighted by molar-refractivity contribution is 0.273. The first-order valence-electron chi connectivity index (χ1n) is 11.6. The Morgan fingerprint density at radius 1 is 0.972 bits per heavy atom. The number of nitrogens with one attached hydrogen (secondary N) is 1. The minimum absolute atomic E-state index is 0.424. The van der Waals surface area contributed by atoms with Gasteiger partial charge in [-0.3, -0.25) is 0 Å². The van der Waals surface area contributed by atoms with E-state index in [2.05, 4.69) is 46.3 Å². The highest BCUT2D eigenvalue weighted by molar-refractivity contribution is 9.10. The summed E-state index contributed by atoms with van der Waals surface area (Å²) in [6, 6.07) is 11.2. The van der Waals surface area contributed by atoms with Crippen molar-refractivity contribution in [2.75, 3.05) is 31.3 Å². The number of unbranched alkanes of at least 4 members (excludes halogenated alkanes) is 2. The Labute approximate surface area is 216 Å². The van der Waals surface area contributed by atoms with Crippen LogP contribution in [0.1, 0.15) is 19.3 Å². The first-order chi connectivity index (χ1) is 17.6. The van der Waals surface area contributed by atoms with Gasteiger partial charge in [0, 0.05) is 41.8 Å². The minimum atomic E-state index is 0.424. The summed E-state index contributed by atoms with van der Waals surface area (Å²) in [5, 5.41) is 9.48. The number of aromatic nitrogens is 6. The largest absolute Gasteiger partial charge is 0.492 e. The minimum Gasteiger partial charge on any atom is -0.492 e. The zero-order valence-electron chi connectivity index (χ0n) is 19.7. The van der Waals surface area contributed by atoms with Gasteiger partial charge in [0.1, 0.15) is 22.0 Å². The molecule has 5 aromatic rings. The molecule has 0 saturated heterocycles. The van der Waals surface area contributed by atoms with E-state index in [0.29, 0.717) is 36.4 Å². The number of nitrogen functional groups attached to an aromatic ring is 1. The molecule has 5 heterocycles. The van der Waals surface area contributed by atoms with E-state index in [1.165, 1.54) is 0 Å². The van der Waals surface area contributed by atoms with E-state index in [9.17, 15) is 0 Å². The predicted octanol–water partition coefficient (Wildman–Crippen LogP) is 4.75. The topological polar surface area (TPSA) is 125 Å². The predicted molar refractivity (Wildman–Crippen MR) is 142 cm³/mol. The number of ether oxygens (including phenoxy) is 2. The summed E-state index contributed by atoms with van der Waals surface area (Å²) in [6.45, 7) is 1.23. The number of rotatable bonds is 10. The summed E-state index contributed by atoms with van der Waals surface area (Å²) >= 11 is 3.34. The van der Waals surface area contributed by atoms with Crippen LogP contribution >= 0.6 is 15.9 Å². The summed E-state index contributed by atoms with van der Waals surface area (Å²) in [5.41, 5.74) is 7.44. The molecule has 0 aliphatic heterocycles. The monoisotopic (exact) mass is 548 g/mol. The number of hydrogen-bond donors (Lipinski definition) is 2. The molecule has 0 fully saturated rings. The molecule has 0 atom stereocenters. The van der Waals surface area contributed by atoms with E-state index in [4.69, 9.17) is 15.2 Å². The summed E-state index contributed by atoms with van der Waals surface area (Å²) in [5.74, 6) is 3.06. The van der Waals surface area contributed by atoms with Crippen LogP contribution in [0.4, 0.5) is 11.6 Å². The molecule has 3 N–H and O–H groups in total. The molecule has 36 heavy (non-hydrogen) atoms. The Kier molecular flexibility index (Phi) is 7.08. The smallest absolute Gasteiger partial charge is 0.214 e. The molecule has 0 bridgehead atoms. The molecule has 0 spiro atoms. The molecule has 0 radical (unpaired) electrons. The molecule has 0 amide bonds. The van der Waals surface area contributed by atoms with Crippen molar-refractivity contribution in [1.29, 1.82) is 0 Å². The average Bonchev–Trinajstić information content (AvgIpc) is 3.30. The maximum Gasteiger partial charge on any atom is 0.214 e. The van der Waals surface area contributed by atoms with E-state index in [0.717, 1.165) is 51.8 Å². The third kappa shape index (κ3) is 5.30. The standard InChI is InChI=1S/C25H25BrN8O2/c1-28-24-18-13-29-21(27)12-17(18)19(14-30-24)25-32-22-9-8-16(15-34(22)33-25)35-10-3-2-4-11-36-23-7-5-6-20(26)31-23/h5-9,12-15H,2-4,10-11H2,1H3,(H2,27,29)(H,28,30). The maximum atomic E-state index is 5.95. The van der Waals surface area contributed by atoms with Crippen LogP contribution < -0.4 is 20.5 Å². The van der Waals surface area contributed by atoms with Crippen LogP contribution in [0.25, 0.3) is 27.8 Å². The maximum absolute atomic E-state index is 5.95. The summed E-state index contributed by atoms with van der Waals surface area (Å²) in [6.07, 6.45) is 8.12.